The van der Waals surface area contributed by atoms with Crippen molar-refractivity contribution in [3.05, 3.63) is 25.8 Å². The molecular weight excluding hydrogens is 164 g/mol. The van der Waals surface area contributed by atoms with Gasteiger partial charge in [-0.05, 0) is 6.42 Å². The minimum absolute atomic E-state index is 0.763. The van der Waals surface area contributed by atoms with E-state index in [0.29, 0.717) is 0 Å². The van der Waals surface area contributed by atoms with Gasteiger partial charge in [-0.3, -0.25) is 0 Å². The van der Waals surface area contributed by atoms with Gasteiger partial charge in [0.1, 0.15) is 11.8 Å². The minimum Gasteiger partial charge on any atom is -0.328 e. The number of aromatic nitrogens is 4. The van der Waals surface area contributed by atoms with E-state index in [-0.39, 0.29) is 0 Å². The van der Waals surface area contributed by atoms with Gasteiger partial charge in [0.15, 0.2) is 5.65 Å². The Kier molecular flexibility index (Phi) is 2.21. The molecule has 2 heterocycles. The summed E-state index contributed by atoms with van der Waals surface area (Å²) in [6, 6.07) is 0. The average Bonchev–Trinajstić information content (AvgIpc) is 2.58. The van der Waals surface area contributed by atoms with Gasteiger partial charge in [0, 0.05) is 6.54 Å². The Bertz CT molecular complexity index is 393. The van der Waals surface area contributed by atoms with Gasteiger partial charge in [-0.2, -0.15) is 0 Å². The van der Waals surface area contributed by atoms with Crippen LogP contribution in [-0.4, -0.2) is 19.5 Å². The van der Waals surface area contributed by atoms with E-state index in [9.17, 15) is 0 Å². The van der Waals surface area contributed by atoms with Crippen molar-refractivity contribution in [1.29, 1.82) is 0 Å². The highest BCUT2D eigenvalue weighted by molar-refractivity contribution is 5.68. The van der Waals surface area contributed by atoms with Crippen molar-refractivity contribution >= 4 is 11.2 Å². The Morgan fingerprint density at radius 1 is 1.38 bits per heavy atom. The van der Waals surface area contributed by atoms with E-state index in [1.165, 1.54) is 6.33 Å². The molecule has 0 saturated carbocycles. The van der Waals surface area contributed by atoms with E-state index < -0.39 is 0 Å². The molecular formula is C9H11N4. The van der Waals surface area contributed by atoms with Crippen molar-refractivity contribution < 1.29 is 0 Å². The molecule has 0 aliphatic rings. The highest BCUT2D eigenvalue weighted by Gasteiger charge is 2.01. The molecule has 67 valence electrons. The highest BCUT2D eigenvalue weighted by atomic mass is 15.1. The second-order valence-corrected chi connectivity index (χ2v) is 2.88. The van der Waals surface area contributed by atoms with Gasteiger partial charge in [-0.15, -0.1) is 0 Å². The van der Waals surface area contributed by atoms with Gasteiger partial charge in [0.25, 0.3) is 0 Å². The maximum atomic E-state index is 4.16. The molecule has 0 aliphatic carbocycles. The lowest BCUT2D eigenvalue weighted by Crippen LogP contribution is -1.95. The van der Waals surface area contributed by atoms with Crippen LogP contribution < -0.4 is 0 Å². The number of fused-ring (bicyclic) bond motifs is 1. The lowest BCUT2D eigenvalue weighted by molar-refractivity contribution is 0.664. The van der Waals surface area contributed by atoms with Crippen LogP contribution in [0.2, 0.25) is 0 Å². The van der Waals surface area contributed by atoms with Crippen LogP contribution >= 0.6 is 0 Å². The smallest absolute Gasteiger partial charge is 0.180 e. The van der Waals surface area contributed by atoms with Crippen LogP contribution in [-0.2, 0) is 6.54 Å². The van der Waals surface area contributed by atoms with Gasteiger partial charge in [-0.25, -0.2) is 15.0 Å². The van der Waals surface area contributed by atoms with Crippen LogP contribution in [0.1, 0.15) is 12.8 Å². The zero-order valence-corrected chi connectivity index (χ0v) is 7.35. The van der Waals surface area contributed by atoms with Crippen molar-refractivity contribution in [1.82, 2.24) is 19.5 Å². The SMILES string of the molecule is [CH2]CCCn1cnc2ncncc21. The molecule has 0 amide bonds. The van der Waals surface area contributed by atoms with Crippen LogP contribution in [0.3, 0.4) is 0 Å². The van der Waals surface area contributed by atoms with Gasteiger partial charge < -0.3 is 4.57 Å². The van der Waals surface area contributed by atoms with Crippen molar-refractivity contribution in [2.75, 3.05) is 0 Å². The molecule has 0 aliphatic heterocycles. The molecule has 2 aromatic heterocycles. The van der Waals surface area contributed by atoms with E-state index in [1.807, 2.05) is 0 Å². The summed E-state index contributed by atoms with van der Waals surface area (Å²) in [6.45, 7) is 4.74. The highest BCUT2D eigenvalue weighted by Crippen LogP contribution is 2.08. The van der Waals surface area contributed by atoms with Crippen LogP contribution in [0.5, 0.6) is 0 Å². The molecule has 1 radical (unpaired) electrons. The summed E-state index contributed by atoms with van der Waals surface area (Å²) in [6.07, 6.45) is 7.10. The molecule has 0 N–H and O–H groups in total. The number of unbranched alkanes of at least 4 members (excludes halogenated alkanes) is 1. The number of nitrogens with zero attached hydrogens (tertiary/aromatic N) is 4. The topological polar surface area (TPSA) is 43.6 Å². The summed E-state index contributed by atoms with van der Waals surface area (Å²) in [5, 5.41) is 0. The molecule has 2 aromatic rings. The Labute approximate surface area is 76.7 Å². The quantitative estimate of drug-likeness (QED) is 0.709. The zero-order valence-electron chi connectivity index (χ0n) is 7.35. The lowest BCUT2D eigenvalue weighted by atomic mass is 10.3. The molecule has 0 fully saturated rings. The first-order valence-corrected chi connectivity index (χ1v) is 4.32. The summed E-state index contributed by atoms with van der Waals surface area (Å²) in [7, 11) is 0. The molecule has 0 aromatic carbocycles. The van der Waals surface area contributed by atoms with E-state index in [0.717, 1.165) is 30.6 Å². The minimum atomic E-state index is 0.763. The fourth-order valence-electron chi connectivity index (χ4n) is 1.26. The second-order valence-electron chi connectivity index (χ2n) is 2.88. The van der Waals surface area contributed by atoms with Crippen molar-refractivity contribution in [2.45, 2.75) is 19.4 Å². The first kappa shape index (κ1) is 8.16. The first-order valence-electron chi connectivity index (χ1n) is 4.32. The van der Waals surface area contributed by atoms with Gasteiger partial charge in [-0.1, -0.05) is 13.3 Å². The van der Waals surface area contributed by atoms with Gasteiger partial charge in [0.05, 0.1) is 12.5 Å². The van der Waals surface area contributed by atoms with Crippen LogP contribution in [0.15, 0.2) is 18.9 Å². The lowest BCUT2D eigenvalue weighted by Gasteiger charge is -2.00. The van der Waals surface area contributed by atoms with Crippen LogP contribution in [0, 0.1) is 6.92 Å². The largest absolute Gasteiger partial charge is 0.328 e. The maximum absolute atomic E-state index is 4.16. The maximum Gasteiger partial charge on any atom is 0.180 e. The Morgan fingerprint density at radius 2 is 2.31 bits per heavy atom. The summed E-state index contributed by atoms with van der Waals surface area (Å²) < 4.78 is 2.06. The summed E-state index contributed by atoms with van der Waals surface area (Å²) in [5.41, 5.74) is 1.76. The first-order chi connectivity index (χ1) is 6.42. The Balaban J connectivity index is 2.35. The Morgan fingerprint density at radius 3 is 3.15 bits per heavy atom. The molecule has 4 heteroatoms. The van der Waals surface area contributed by atoms with E-state index >= 15 is 0 Å². The molecule has 2 rings (SSSR count). The molecule has 0 bridgehead atoms. The number of aryl methyl sites for hydroxylation is 1. The third-order valence-corrected chi connectivity index (χ3v) is 1.95. The molecule has 13 heavy (non-hydrogen) atoms. The summed E-state index contributed by atoms with van der Waals surface area (Å²) in [5.74, 6) is 0. The predicted octanol–water partition coefficient (Wildman–Crippen LogP) is 1.44. The number of imidazole rings is 1. The van der Waals surface area contributed by atoms with Crippen LogP contribution in [0.4, 0.5) is 0 Å². The monoisotopic (exact) mass is 175 g/mol. The summed E-state index contributed by atoms with van der Waals surface area (Å²) in [4.78, 5) is 12.2. The van der Waals surface area contributed by atoms with E-state index in [2.05, 4.69) is 26.4 Å². The number of rotatable bonds is 3. The third-order valence-electron chi connectivity index (χ3n) is 1.95. The molecule has 0 saturated heterocycles. The fraction of sp³-hybridized carbons (Fsp3) is 0.333. The normalized spacial score (nSPS) is 10.8. The van der Waals surface area contributed by atoms with Gasteiger partial charge >= 0.3 is 0 Å². The third kappa shape index (κ3) is 1.52. The standard InChI is InChI=1S/C9H11N4/c1-2-3-4-13-7-12-9-8(13)5-10-6-11-9/h5-7H,1-4H2. The van der Waals surface area contributed by atoms with Crippen molar-refractivity contribution in [3.63, 3.8) is 0 Å². The predicted molar refractivity (Wildman–Crippen MR) is 49.9 cm³/mol. The zero-order chi connectivity index (χ0) is 9.10. The average molecular weight is 175 g/mol. The van der Waals surface area contributed by atoms with E-state index in [1.54, 1.807) is 12.5 Å². The van der Waals surface area contributed by atoms with Crippen molar-refractivity contribution in [3.8, 4) is 0 Å². The van der Waals surface area contributed by atoms with E-state index in [4.69, 9.17) is 0 Å². The molecule has 0 unspecified atom stereocenters. The second kappa shape index (κ2) is 3.51. The Hall–Kier alpha value is -1.45. The fourth-order valence-corrected chi connectivity index (χ4v) is 1.26. The van der Waals surface area contributed by atoms with Crippen LogP contribution in [0.25, 0.3) is 11.2 Å². The number of hydrogen-bond donors (Lipinski definition) is 0. The molecule has 0 atom stereocenters. The number of hydrogen-bond acceptors (Lipinski definition) is 3. The molecule has 4 nitrogen and oxygen atoms in total. The van der Waals surface area contributed by atoms with Gasteiger partial charge in [0.2, 0.25) is 0 Å². The summed E-state index contributed by atoms with van der Waals surface area (Å²) >= 11 is 0. The van der Waals surface area contributed by atoms with Crippen molar-refractivity contribution in [2.24, 2.45) is 0 Å². The molecule has 0 spiro atoms.